The summed E-state index contributed by atoms with van der Waals surface area (Å²) in [7, 11) is -3.57. The largest absolute Gasteiger partial charge is 0.503 e. The normalized spacial score (nSPS) is 20.6. The predicted octanol–water partition coefficient (Wildman–Crippen LogP) is 3.41. The van der Waals surface area contributed by atoms with E-state index in [9.17, 15) is 8.42 Å². The van der Waals surface area contributed by atoms with Crippen molar-refractivity contribution in [3.8, 4) is 10.7 Å². The molecule has 9 nitrogen and oxygen atoms in total. The molecule has 0 saturated heterocycles. The molecule has 0 amide bonds. The summed E-state index contributed by atoms with van der Waals surface area (Å²) in [5.41, 5.74) is 1.16. The Morgan fingerprint density at radius 1 is 1.17 bits per heavy atom. The van der Waals surface area contributed by atoms with E-state index in [0.29, 0.717) is 16.6 Å². The predicted molar refractivity (Wildman–Crippen MR) is 105 cm³/mol. The highest BCUT2D eigenvalue weighted by molar-refractivity contribution is 7.91. The maximum atomic E-state index is 12.7. The first-order valence-electron chi connectivity index (χ1n) is 8.58. The molecule has 3 N–H and O–H groups in total. The van der Waals surface area contributed by atoms with Gasteiger partial charge in [0.2, 0.25) is 21.7 Å². The third-order valence-corrected chi connectivity index (χ3v) is 7.48. The van der Waals surface area contributed by atoms with Crippen molar-refractivity contribution in [2.24, 2.45) is 5.92 Å². The highest BCUT2D eigenvalue weighted by atomic mass is 32.2. The van der Waals surface area contributed by atoms with E-state index >= 15 is 0 Å². The van der Waals surface area contributed by atoms with Crippen molar-refractivity contribution in [3.05, 3.63) is 53.9 Å². The van der Waals surface area contributed by atoms with Crippen LogP contribution in [-0.2, 0) is 10.0 Å². The monoisotopic (exact) mass is 437 g/mol. The number of benzene rings is 1. The molecule has 1 aromatic carbocycles. The number of rotatable bonds is 5. The first-order valence-corrected chi connectivity index (χ1v) is 10.9. The van der Waals surface area contributed by atoms with Gasteiger partial charge in [-0.3, -0.25) is 0 Å². The molecule has 2 heterocycles. The second-order valence-corrected chi connectivity index (χ2v) is 9.51. The van der Waals surface area contributed by atoms with Crippen LogP contribution >= 0.6 is 11.3 Å². The molecule has 29 heavy (non-hydrogen) atoms. The van der Waals surface area contributed by atoms with Gasteiger partial charge in [0.15, 0.2) is 0 Å². The molecular formula is C18H19N3O6S2. The van der Waals surface area contributed by atoms with Gasteiger partial charge in [-0.1, -0.05) is 42.4 Å². The van der Waals surface area contributed by atoms with Crippen molar-refractivity contribution in [2.75, 3.05) is 0 Å². The van der Waals surface area contributed by atoms with Crippen LogP contribution in [0.5, 0.6) is 0 Å². The van der Waals surface area contributed by atoms with Crippen molar-refractivity contribution >= 4 is 27.5 Å². The van der Waals surface area contributed by atoms with Gasteiger partial charge in [0.05, 0.1) is 4.88 Å². The van der Waals surface area contributed by atoms with Gasteiger partial charge < -0.3 is 14.7 Å². The van der Waals surface area contributed by atoms with E-state index in [-0.39, 0.29) is 22.1 Å². The van der Waals surface area contributed by atoms with Crippen LogP contribution in [0.4, 0.5) is 4.79 Å². The van der Waals surface area contributed by atoms with E-state index in [0.717, 1.165) is 16.9 Å². The average Bonchev–Trinajstić information content (AvgIpc) is 3.05. The van der Waals surface area contributed by atoms with Gasteiger partial charge in [0, 0.05) is 18.9 Å². The van der Waals surface area contributed by atoms with Gasteiger partial charge in [-0.15, -0.1) is 11.3 Å². The van der Waals surface area contributed by atoms with Crippen molar-refractivity contribution in [3.63, 3.8) is 0 Å². The van der Waals surface area contributed by atoms with E-state index in [1.807, 2.05) is 30.3 Å². The molecule has 1 aliphatic carbocycles. The Morgan fingerprint density at radius 2 is 1.83 bits per heavy atom. The Morgan fingerprint density at radius 3 is 2.41 bits per heavy atom. The van der Waals surface area contributed by atoms with Gasteiger partial charge in [-0.25, -0.2) is 17.9 Å². The van der Waals surface area contributed by atoms with Gasteiger partial charge in [0.25, 0.3) is 0 Å². The van der Waals surface area contributed by atoms with Gasteiger partial charge in [0.1, 0.15) is 4.21 Å². The number of aromatic nitrogens is 2. The summed E-state index contributed by atoms with van der Waals surface area (Å²) in [6.45, 7) is 3.76. The molecule has 3 atom stereocenters. The van der Waals surface area contributed by atoms with Crippen LogP contribution < -0.4 is 4.72 Å². The Kier molecular flexibility index (Phi) is 6.01. The number of nitrogens with zero attached hydrogens (tertiary/aromatic N) is 2. The number of aryl methyl sites for hydroxylation is 1. The second kappa shape index (κ2) is 8.31. The third kappa shape index (κ3) is 5.00. The summed E-state index contributed by atoms with van der Waals surface area (Å²) in [5, 5.41) is 17.8. The quantitative estimate of drug-likeness (QED) is 0.551. The topological polar surface area (TPSA) is 143 Å². The SMILES string of the molecule is Cc1nc(-c2ccc(S(=O)(=O)N[C@H]3[C@H](C)[C@@H]3c3ccccc3)s2)no1.O=C(O)O. The van der Waals surface area contributed by atoms with Crippen LogP contribution in [-0.4, -0.2) is 41.0 Å². The summed E-state index contributed by atoms with van der Waals surface area (Å²) in [4.78, 5) is 13.4. The Hall–Kier alpha value is -2.76. The van der Waals surface area contributed by atoms with Crippen molar-refractivity contribution in [2.45, 2.75) is 30.0 Å². The molecule has 4 rings (SSSR count). The highest BCUT2D eigenvalue weighted by Crippen LogP contribution is 2.48. The molecular weight excluding hydrogens is 418 g/mol. The summed E-state index contributed by atoms with van der Waals surface area (Å²) < 4.78 is 33.4. The molecule has 11 heteroatoms. The van der Waals surface area contributed by atoms with Crippen LogP contribution in [0.25, 0.3) is 10.7 Å². The lowest BCUT2D eigenvalue weighted by atomic mass is 10.1. The number of hydrogen-bond donors (Lipinski definition) is 3. The Balaban J connectivity index is 0.000000552. The van der Waals surface area contributed by atoms with Gasteiger partial charge in [-0.2, -0.15) is 4.98 Å². The first kappa shape index (κ1) is 21.0. The lowest BCUT2D eigenvalue weighted by Gasteiger charge is -2.04. The van der Waals surface area contributed by atoms with Gasteiger partial charge >= 0.3 is 6.16 Å². The molecule has 0 bridgehead atoms. The number of thiophene rings is 1. The number of carboxylic acid groups (broad SMARTS) is 2. The third-order valence-electron chi connectivity index (χ3n) is 4.45. The summed E-state index contributed by atoms with van der Waals surface area (Å²) in [5.74, 6) is 1.35. The first-order chi connectivity index (χ1) is 13.7. The summed E-state index contributed by atoms with van der Waals surface area (Å²) in [6.07, 6.45) is -1.83. The minimum absolute atomic E-state index is 0.0784. The van der Waals surface area contributed by atoms with E-state index < -0.39 is 16.2 Å². The minimum atomic E-state index is -3.57. The number of hydrogen-bond acceptors (Lipinski definition) is 7. The molecule has 0 radical (unpaired) electrons. The van der Waals surface area contributed by atoms with Crippen molar-refractivity contribution in [1.29, 1.82) is 0 Å². The zero-order chi connectivity index (χ0) is 21.2. The fraction of sp³-hybridized carbons (Fsp3) is 0.278. The smallest absolute Gasteiger partial charge is 0.450 e. The average molecular weight is 437 g/mol. The number of carbonyl (C=O) groups is 1. The van der Waals surface area contributed by atoms with E-state index in [2.05, 4.69) is 21.8 Å². The molecule has 2 aromatic heterocycles. The molecule has 0 unspecified atom stereocenters. The van der Waals surface area contributed by atoms with Crippen LogP contribution in [0.1, 0.15) is 24.3 Å². The number of nitrogens with one attached hydrogen (secondary N) is 1. The van der Waals surface area contributed by atoms with Crippen LogP contribution in [0, 0.1) is 12.8 Å². The Bertz CT molecular complexity index is 1090. The second-order valence-electron chi connectivity index (χ2n) is 6.48. The van der Waals surface area contributed by atoms with Crippen LogP contribution in [0.15, 0.2) is 51.2 Å². The lowest BCUT2D eigenvalue weighted by molar-refractivity contribution is 0.137. The highest BCUT2D eigenvalue weighted by Gasteiger charge is 2.49. The molecule has 1 saturated carbocycles. The molecule has 0 spiro atoms. The minimum Gasteiger partial charge on any atom is -0.450 e. The molecule has 1 aliphatic rings. The molecule has 3 aromatic rings. The maximum absolute atomic E-state index is 12.7. The summed E-state index contributed by atoms with van der Waals surface area (Å²) >= 11 is 1.14. The van der Waals surface area contributed by atoms with E-state index in [4.69, 9.17) is 19.5 Å². The van der Waals surface area contributed by atoms with Crippen molar-refractivity contribution < 1.29 is 27.9 Å². The van der Waals surface area contributed by atoms with Gasteiger partial charge in [-0.05, 0) is 23.6 Å². The molecule has 1 fully saturated rings. The van der Waals surface area contributed by atoms with E-state index in [1.54, 1.807) is 19.1 Å². The Labute approximate surface area is 171 Å². The standard InChI is InChI=1S/C17H17N3O3S2.CH2O3/c1-10-15(12-6-4-3-5-7-12)16(10)20-25(21,22)14-9-8-13(24-14)17-18-11(2)23-19-17;2-1(3)4/h3-10,15-16,20H,1-2H3;(H2,2,3,4)/t10-,15-,16+;/m1./s1. The maximum Gasteiger partial charge on any atom is 0.503 e. The zero-order valence-electron chi connectivity index (χ0n) is 15.5. The lowest BCUT2D eigenvalue weighted by Crippen LogP contribution is -2.27. The van der Waals surface area contributed by atoms with Crippen molar-refractivity contribution in [1.82, 2.24) is 14.9 Å². The van der Waals surface area contributed by atoms with Crippen LogP contribution in [0.3, 0.4) is 0 Å². The van der Waals surface area contributed by atoms with Crippen LogP contribution in [0.2, 0.25) is 0 Å². The fourth-order valence-electron chi connectivity index (χ4n) is 3.05. The zero-order valence-corrected chi connectivity index (χ0v) is 17.1. The van der Waals surface area contributed by atoms with E-state index in [1.165, 1.54) is 0 Å². The number of sulfonamides is 1. The fourth-order valence-corrected chi connectivity index (χ4v) is 5.65. The molecule has 0 aliphatic heterocycles. The molecule has 154 valence electrons. The summed E-state index contributed by atoms with van der Waals surface area (Å²) in [6, 6.07) is 13.2.